The highest BCUT2D eigenvalue weighted by Gasteiger charge is 2.13. The van der Waals surface area contributed by atoms with Crippen molar-refractivity contribution in [3.05, 3.63) is 59.2 Å². The Hall–Kier alpha value is -1.98. The molecule has 0 aliphatic rings. The SMILES string of the molecule is OCc1ccc(Oc2c(F)cc(CO)cc2F)cc1. The number of rotatable bonds is 4. The van der Waals surface area contributed by atoms with Crippen LogP contribution < -0.4 is 4.74 Å². The molecular weight excluding hydrogens is 254 g/mol. The first kappa shape index (κ1) is 13.5. The van der Waals surface area contributed by atoms with Crippen LogP contribution in [0.3, 0.4) is 0 Å². The van der Waals surface area contributed by atoms with Crippen molar-refractivity contribution in [2.45, 2.75) is 13.2 Å². The van der Waals surface area contributed by atoms with Crippen molar-refractivity contribution in [1.82, 2.24) is 0 Å². The molecule has 0 fully saturated rings. The van der Waals surface area contributed by atoms with Crippen molar-refractivity contribution >= 4 is 0 Å². The van der Waals surface area contributed by atoms with E-state index in [1.54, 1.807) is 12.1 Å². The first-order chi connectivity index (χ1) is 9.13. The van der Waals surface area contributed by atoms with E-state index in [-0.39, 0.29) is 17.9 Å². The van der Waals surface area contributed by atoms with Crippen LogP contribution in [0.4, 0.5) is 8.78 Å². The van der Waals surface area contributed by atoms with Gasteiger partial charge in [0.15, 0.2) is 17.4 Å². The van der Waals surface area contributed by atoms with Gasteiger partial charge in [-0.15, -0.1) is 0 Å². The summed E-state index contributed by atoms with van der Waals surface area (Å²) < 4.78 is 32.4. The number of hydrogen-bond acceptors (Lipinski definition) is 3. The number of ether oxygens (including phenoxy) is 1. The Labute approximate surface area is 108 Å². The lowest BCUT2D eigenvalue weighted by Gasteiger charge is -2.09. The fraction of sp³-hybridized carbons (Fsp3) is 0.143. The molecule has 2 aromatic carbocycles. The maximum atomic E-state index is 13.6. The van der Waals surface area contributed by atoms with Crippen LogP contribution >= 0.6 is 0 Å². The van der Waals surface area contributed by atoms with Crippen LogP contribution in [0.2, 0.25) is 0 Å². The minimum Gasteiger partial charge on any atom is -0.451 e. The van der Waals surface area contributed by atoms with Gasteiger partial charge in [0.1, 0.15) is 5.75 Å². The summed E-state index contributed by atoms with van der Waals surface area (Å²) in [6, 6.07) is 8.22. The number of halogens is 2. The molecule has 0 aromatic heterocycles. The lowest BCUT2D eigenvalue weighted by Crippen LogP contribution is -1.96. The van der Waals surface area contributed by atoms with Gasteiger partial charge in [0.05, 0.1) is 13.2 Å². The van der Waals surface area contributed by atoms with Gasteiger partial charge in [0.25, 0.3) is 0 Å². The van der Waals surface area contributed by atoms with Gasteiger partial charge in [0.2, 0.25) is 0 Å². The monoisotopic (exact) mass is 266 g/mol. The molecule has 2 N–H and O–H groups in total. The topological polar surface area (TPSA) is 49.7 Å². The van der Waals surface area contributed by atoms with Gasteiger partial charge in [-0.1, -0.05) is 12.1 Å². The molecule has 2 rings (SSSR count). The van der Waals surface area contributed by atoms with Crippen LogP contribution in [0.1, 0.15) is 11.1 Å². The van der Waals surface area contributed by atoms with E-state index in [1.165, 1.54) is 12.1 Å². The van der Waals surface area contributed by atoms with Crippen molar-refractivity contribution in [3.8, 4) is 11.5 Å². The maximum Gasteiger partial charge on any atom is 0.198 e. The molecular formula is C14H12F2O3. The highest BCUT2D eigenvalue weighted by atomic mass is 19.1. The van der Waals surface area contributed by atoms with Crippen molar-refractivity contribution in [3.63, 3.8) is 0 Å². The summed E-state index contributed by atoms with van der Waals surface area (Å²) in [7, 11) is 0. The molecule has 100 valence electrons. The Bertz CT molecular complexity index is 544. The predicted molar refractivity (Wildman–Crippen MR) is 64.7 cm³/mol. The third-order valence-corrected chi connectivity index (χ3v) is 2.57. The van der Waals surface area contributed by atoms with E-state index in [2.05, 4.69) is 0 Å². The fourth-order valence-electron chi connectivity index (χ4n) is 1.58. The van der Waals surface area contributed by atoms with Crippen LogP contribution in [0.25, 0.3) is 0 Å². The average Bonchev–Trinajstić information content (AvgIpc) is 2.43. The Morgan fingerprint density at radius 2 is 1.37 bits per heavy atom. The molecule has 0 aliphatic heterocycles. The molecule has 0 spiro atoms. The summed E-state index contributed by atoms with van der Waals surface area (Å²) in [5.74, 6) is -2.02. The Balaban J connectivity index is 2.27. The second kappa shape index (κ2) is 5.77. The normalized spacial score (nSPS) is 10.5. The maximum absolute atomic E-state index is 13.6. The summed E-state index contributed by atoms with van der Waals surface area (Å²) >= 11 is 0. The van der Waals surface area contributed by atoms with Gasteiger partial charge >= 0.3 is 0 Å². The molecule has 0 saturated heterocycles. The summed E-state index contributed by atoms with van der Waals surface area (Å²) in [5, 5.41) is 17.7. The molecule has 0 heterocycles. The highest BCUT2D eigenvalue weighted by molar-refractivity contribution is 5.36. The first-order valence-corrected chi connectivity index (χ1v) is 5.60. The quantitative estimate of drug-likeness (QED) is 0.894. The van der Waals surface area contributed by atoms with Gasteiger partial charge in [0, 0.05) is 0 Å². The molecule has 3 nitrogen and oxygen atoms in total. The number of aliphatic hydroxyl groups is 2. The van der Waals surface area contributed by atoms with E-state index < -0.39 is 24.0 Å². The third-order valence-electron chi connectivity index (χ3n) is 2.57. The van der Waals surface area contributed by atoms with Gasteiger partial charge in [-0.3, -0.25) is 0 Å². The molecule has 19 heavy (non-hydrogen) atoms. The van der Waals surface area contributed by atoms with E-state index in [0.717, 1.165) is 12.1 Å². The van der Waals surface area contributed by atoms with E-state index in [1.807, 2.05) is 0 Å². The molecule has 0 bridgehead atoms. The van der Waals surface area contributed by atoms with Crippen LogP contribution in [-0.4, -0.2) is 10.2 Å². The zero-order valence-corrected chi connectivity index (χ0v) is 9.94. The Morgan fingerprint density at radius 1 is 0.842 bits per heavy atom. The minimum absolute atomic E-state index is 0.117. The fourth-order valence-corrected chi connectivity index (χ4v) is 1.58. The van der Waals surface area contributed by atoms with E-state index in [9.17, 15) is 8.78 Å². The third kappa shape index (κ3) is 3.07. The zero-order valence-electron chi connectivity index (χ0n) is 9.94. The van der Waals surface area contributed by atoms with Crippen LogP contribution in [0.5, 0.6) is 11.5 Å². The Kier molecular flexibility index (Phi) is 4.09. The predicted octanol–water partition coefficient (Wildman–Crippen LogP) is 2.74. The largest absolute Gasteiger partial charge is 0.451 e. The Morgan fingerprint density at radius 3 is 1.84 bits per heavy atom. The van der Waals surface area contributed by atoms with Gasteiger partial charge in [-0.05, 0) is 35.4 Å². The molecule has 0 saturated carbocycles. The zero-order chi connectivity index (χ0) is 13.8. The molecule has 5 heteroatoms. The second-order valence-corrected chi connectivity index (χ2v) is 3.95. The van der Waals surface area contributed by atoms with Crippen molar-refractivity contribution in [2.24, 2.45) is 0 Å². The molecule has 0 aliphatic carbocycles. The molecule has 2 aromatic rings. The van der Waals surface area contributed by atoms with Crippen molar-refractivity contribution in [1.29, 1.82) is 0 Å². The standard InChI is InChI=1S/C14H12F2O3/c15-12-5-10(8-18)6-13(16)14(12)19-11-3-1-9(7-17)2-4-11/h1-6,17-18H,7-8H2. The van der Waals surface area contributed by atoms with Gasteiger partial charge in [-0.25, -0.2) is 8.78 Å². The molecule has 0 amide bonds. The number of benzene rings is 2. The molecule has 0 unspecified atom stereocenters. The van der Waals surface area contributed by atoms with E-state index >= 15 is 0 Å². The van der Waals surface area contributed by atoms with E-state index in [4.69, 9.17) is 14.9 Å². The summed E-state index contributed by atoms with van der Waals surface area (Å²) in [4.78, 5) is 0. The van der Waals surface area contributed by atoms with Crippen LogP contribution in [0, 0.1) is 11.6 Å². The average molecular weight is 266 g/mol. The summed E-state index contributed by atoms with van der Waals surface area (Å²) in [6.07, 6.45) is 0. The number of aliphatic hydroxyl groups excluding tert-OH is 2. The van der Waals surface area contributed by atoms with Crippen molar-refractivity contribution in [2.75, 3.05) is 0 Å². The summed E-state index contributed by atoms with van der Waals surface area (Å²) in [5.41, 5.74) is 0.807. The second-order valence-electron chi connectivity index (χ2n) is 3.95. The van der Waals surface area contributed by atoms with Crippen LogP contribution in [-0.2, 0) is 13.2 Å². The van der Waals surface area contributed by atoms with Gasteiger partial charge < -0.3 is 14.9 Å². The smallest absolute Gasteiger partial charge is 0.198 e. The lowest BCUT2D eigenvalue weighted by atomic mass is 10.2. The van der Waals surface area contributed by atoms with Gasteiger partial charge in [-0.2, -0.15) is 0 Å². The lowest BCUT2D eigenvalue weighted by molar-refractivity contribution is 0.279. The van der Waals surface area contributed by atoms with Crippen LogP contribution in [0.15, 0.2) is 36.4 Å². The van der Waals surface area contributed by atoms with E-state index in [0.29, 0.717) is 5.56 Å². The first-order valence-electron chi connectivity index (χ1n) is 5.60. The summed E-state index contributed by atoms with van der Waals surface area (Å²) in [6.45, 7) is -0.562. The van der Waals surface area contributed by atoms with Crippen molar-refractivity contribution < 1.29 is 23.7 Å². The highest BCUT2D eigenvalue weighted by Crippen LogP contribution is 2.28. The minimum atomic E-state index is -0.879. The number of hydrogen-bond donors (Lipinski definition) is 2. The molecule has 0 atom stereocenters. The molecule has 0 radical (unpaired) electrons.